The zero-order valence-electron chi connectivity index (χ0n) is 15.4. The minimum atomic E-state index is -0.203. The molecule has 28 heavy (non-hydrogen) atoms. The van der Waals surface area contributed by atoms with Crippen molar-refractivity contribution in [3.05, 3.63) is 58.1 Å². The summed E-state index contributed by atoms with van der Waals surface area (Å²) in [6, 6.07) is 12.3. The predicted molar refractivity (Wildman–Crippen MR) is 114 cm³/mol. The molecular weight excluding hydrogens is 397 g/mol. The van der Waals surface area contributed by atoms with E-state index in [4.69, 9.17) is 23.2 Å². The fourth-order valence-corrected chi connectivity index (χ4v) is 3.51. The Bertz CT molecular complexity index is 834. The molecule has 7 heteroatoms. The van der Waals surface area contributed by atoms with Crippen LogP contribution in [0.1, 0.15) is 42.5 Å². The van der Waals surface area contributed by atoms with Gasteiger partial charge in [-0.25, -0.2) is 0 Å². The van der Waals surface area contributed by atoms with Gasteiger partial charge in [-0.1, -0.05) is 42.5 Å². The molecule has 0 spiro atoms. The van der Waals surface area contributed by atoms with Crippen LogP contribution in [0.2, 0.25) is 10.0 Å². The van der Waals surface area contributed by atoms with Crippen molar-refractivity contribution in [1.82, 2.24) is 5.32 Å². The van der Waals surface area contributed by atoms with E-state index in [0.29, 0.717) is 27.0 Å². The van der Waals surface area contributed by atoms with E-state index in [0.717, 1.165) is 12.8 Å². The van der Waals surface area contributed by atoms with Crippen LogP contribution < -0.4 is 16.0 Å². The van der Waals surface area contributed by atoms with Gasteiger partial charge >= 0.3 is 0 Å². The molecule has 0 unspecified atom stereocenters. The van der Waals surface area contributed by atoms with E-state index >= 15 is 0 Å². The Morgan fingerprint density at radius 1 is 0.893 bits per heavy atom. The largest absolute Gasteiger partial charge is 0.376 e. The van der Waals surface area contributed by atoms with Crippen LogP contribution in [0.4, 0.5) is 11.4 Å². The van der Waals surface area contributed by atoms with Gasteiger partial charge in [0.05, 0.1) is 16.6 Å². The fourth-order valence-electron chi connectivity index (χ4n) is 3.21. The number of amides is 2. The van der Waals surface area contributed by atoms with Gasteiger partial charge in [-0.3, -0.25) is 9.59 Å². The van der Waals surface area contributed by atoms with Crippen molar-refractivity contribution in [2.45, 2.75) is 38.1 Å². The molecule has 1 saturated carbocycles. The minimum absolute atomic E-state index is 0.0638. The fraction of sp³-hybridized carbons (Fsp3) is 0.333. The molecule has 2 aromatic carbocycles. The van der Waals surface area contributed by atoms with E-state index in [1.165, 1.54) is 19.3 Å². The SMILES string of the molecule is O=C(CNc1ccc(Cl)c(Cl)c1)Nc1ccc(C(=O)NC2CCCCC2)cc1. The molecular formula is C21H23Cl2N3O2. The molecule has 0 aromatic heterocycles. The number of nitrogens with one attached hydrogen (secondary N) is 3. The minimum Gasteiger partial charge on any atom is -0.376 e. The van der Waals surface area contributed by atoms with Gasteiger partial charge in [-0.2, -0.15) is 0 Å². The molecule has 0 bridgehead atoms. The maximum atomic E-state index is 12.3. The Morgan fingerprint density at radius 2 is 1.57 bits per heavy atom. The highest BCUT2D eigenvalue weighted by atomic mass is 35.5. The van der Waals surface area contributed by atoms with Crippen LogP contribution in [0, 0.1) is 0 Å². The van der Waals surface area contributed by atoms with Crippen molar-refractivity contribution in [2.75, 3.05) is 17.2 Å². The summed E-state index contributed by atoms with van der Waals surface area (Å²) in [5, 5.41) is 9.76. The van der Waals surface area contributed by atoms with Crippen molar-refractivity contribution in [2.24, 2.45) is 0 Å². The van der Waals surface area contributed by atoms with Gasteiger partial charge in [0.25, 0.3) is 5.91 Å². The van der Waals surface area contributed by atoms with E-state index in [1.807, 2.05) is 0 Å². The number of carbonyl (C=O) groups is 2. The highest BCUT2D eigenvalue weighted by Crippen LogP contribution is 2.25. The highest BCUT2D eigenvalue weighted by Gasteiger charge is 2.16. The van der Waals surface area contributed by atoms with Crippen molar-refractivity contribution < 1.29 is 9.59 Å². The molecule has 0 radical (unpaired) electrons. The Balaban J connectivity index is 1.48. The zero-order valence-corrected chi connectivity index (χ0v) is 16.9. The predicted octanol–water partition coefficient (Wildman–Crippen LogP) is 5.11. The van der Waals surface area contributed by atoms with Gasteiger partial charge in [0.1, 0.15) is 0 Å². The third-order valence-electron chi connectivity index (χ3n) is 4.74. The molecule has 0 saturated heterocycles. The number of carbonyl (C=O) groups excluding carboxylic acids is 2. The maximum absolute atomic E-state index is 12.3. The monoisotopic (exact) mass is 419 g/mol. The third kappa shape index (κ3) is 5.88. The quantitative estimate of drug-likeness (QED) is 0.609. The van der Waals surface area contributed by atoms with E-state index in [-0.39, 0.29) is 24.4 Å². The number of hydrogen-bond donors (Lipinski definition) is 3. The van der Waals surface area contributed by atoms with Gasteiger partial charge in [-0.05, 0) is 55.3 Å². The van der Waals surface area contributed by atoms with Gasteiger partial charge in [-0.15, -0.1) is 0 Å². The molecule has 1 fully saturated rings. The second kappa shape index (κ2) is 9.80. The lowest BCUT2D eigenvalue weighted by molar-refractivity contribution is -0.114. The second-order valence-electron chi connectivity index (χ2n) is 6.92. The van der Waals surface area contributed by atoms with Crippen LogP contribution in [0.15, 0.2) is 42.5 Å². The van der Waals surface area contributed by atoms with Crippen molar-refractivity contribution in [3.8, 4) is 0 Å². The molecule has 1 aliphatic carbocycles. The summed E-state index contributed by atoms with van der Waals surface area (Å²) in [7, 11) is 0. The number of anilines is 2. The molecule has 3 N–H and O–H groups in total. The highest BCUT2D eigenvalue weighted by molar-refractivity contribution is 6.42. The van der Waals surface area contributed by atoms with E-state index < -0.39 is 0 Å². The summed E-state index contributed by atoms with van der Waals surface area (Å²) in [5.41, 5.74) is 1.94. The average Bonchev–Trinajstić information content (AvgIpc) is 2.70. The summed E-state index contributed by atoms with van der Waals surface area (Å²) in [6.07, 6.45) is 5.69. The van der Waals surface area contributed by atoms with E-state index in [9.17, 15) is 9.59 Å². The Labute approximate surface area is 174 Å². The summed E-state index contributed by atoms with van der Waals surface area (Å²) < 4.78 is 0. The lowest BCUT2D eigenvalue weighted by Crippen LogP contribution is -2.36. The van der Waals surface area contributed by atoms with Crippen molar-refractivity contribution >= 4 is 46.4 Å². The molecule has 148 valence electrons. The lowest BCUT2D eigenvalue weighted by Gasteiger charge is -2.22. The summed E-state index contributed by atoms with van der Waals surface area (Å²) in [4.78, 5) is 24.4. The molecule has 1 aliphatic rings. The topological polar surface area (TPSA) is 70.2 Å². The van der Waals surface area contributed by atoms with Crippen molar-refractivity contribution in [3.63, 3.8) is 0 Å². The first-order valence-electron chi connectivity index (χ1n) is 9.41. The first kappa shape index (κ1) is 20.5. The number of rotatable bonds is 6. The summed E-state index contributed by atoms with van der Waals surface area (Å²) in [5.74, 6) is -0.267. The normalized spacial score (nSPS) is 14.4. The first-order chi connectivity index (χ1) is 13.5. The zero-order chi connectivity index (χ0) is 19.9. The Morgan fingerprint density at radius 3 is 2.25 bits per heavy atom. The van der Waals surface area contributed by atoms with Crippen LogP contribution in [0.25, 0.3) is 0 Å². The molecule has 0 aliphatic heterocycles. The van der Waals surface area contributed by atoms with Gasteiger partial charge < -0.3 is 16.0 Å². The molecule has 0 atom stereocenters. The molecule has 2 amide bonds. The van der Waals surface area contributed by atoms with E-state index in [1.54, 1.807) is 42.5 Å². The van der Waals surface area contributed by atoms with Gasteiger partial charge in [0.2, 0.25) is 5.91 Å². The molecule has 0 heterocycles. The van der Waals surface area contributed by atoms with Crippen molar-refractivity contribution in [1.29, 1.82) is 0 Å². The summed E-state index contributed by atoms with van der Waals surface area (Å²) in [6.45, 7) is 0.0852. The van der Waals surface area contributed by atoms with Gasteiger partial charge in [0, 0.05) is 23.0 Å². The molecule has 3 rings (SSSR count). The van der Waals surface area contributed by atoms with Crippen LogP contribution in [-0.4, -0.2) is 24.4 Å². The summed E-state index contributed by atoms with van der Waals surface area (Å²) >= 11 is 11.8. The van der Waals surface area contributed by atoms with Gasteiger partial charge in [0.15, 0.2) is 0 Å². The number of hydrogen-bond acceptors (Lipinski definition) is 3. The van der Waals surface area contributed by atoms with Crippen LogP contribution in [0.5, 0.6) is 0 Å². The first-order valence-corrected chi connectivity index (χ1v) is 10.2. The Kier molecular flexibility index (Phi) is 7.18. The molecule has 2 aromatic rings. The average molecular weight is 420 g/mol. The lowest BCUT2D eigenvalue weighted by atomic mass is 9.95. The van der Waals surface area contributed by atoms with Crippen LogP contribution >= 0.6 is 23.2 Å². The van der Waals surface area contributed by atoms with Crippen LogP contribution in [0.3, 0.4) is 0 Å². The van der Waals surface area contributed by atoms with E-state index in [2.05, 4.69) is 16.0 Å². The number of halogens is 2. The smallest absolute Gasteiger partial charge is 0.251 e. The third-order valence-corrected chi connectivity index (χ3v) is 5.48. The Hall–Kier alpha value is -2.24. The standard InChI is InChI=1S/C21H23Cl2N3O2/c22-18-11-10-17(12-19(18)23)24-13-20(27)25-16-8-6-14(7-9-16)21(28)26-15-4-2-1-3-5-15/h6-12,15,24H,1-5,13H2,(H,25,27)(H,26,28). The van der Waals surface area contributed by atoms with Crippen LogP contribution in [-0.2, 0) is 4.79 Å². The maximum Gasteiger partial charge on any atom is 0.251 e. The number of benzene rings is 2. The second-order valence-corrected chi connectivity index (χ2v) is 7.73. The molecule has 5 nitrogen and oxygen atoms in total.